The number of furan rings is 1. The third-order valence-corrected chi connectivity index (χ3v) is 6.71. The number of anilines is 2. The zero-order valence-electron chi connectivity index (χ0n) is 17.9. The first-order chi connectivity index (χ1) is 16.4. The van der Waals surface area contributed by atoms with Crippen molar-refractivity contribution in [3.8, 4) is 11.3 Å². The number of benzene rings is 3. The Morgan fingerprint density at radius 2 is 1.82 bits per heavy atom. The quantitative estimate of drug-likeness (QED) is 0.167. The van der Waals surface area contributed by atoms with Crippen molar-refractivity contribution in [2.75, 3.05) is 4.90 Å². The second-order valence-electron chi connectivity index (χ2n) is 7.67. The minimum absolute atomic E-state index is 0.0307. The van der Waals surface area contributed by atoms with E-state index in [0.29, 0.717) is 27.8 Å². The Hall–Kier alpha value is -3.81. The van der Waals surface area contributed by atoms with Crippen LogP contribution in [0.2, 0.25) is 5.02 Å². The number of aryl methyl sites for hydroxylation is 1. The molecule has 0 radical (unpaired) electrons. The number of halogens is 1. The average molecular weight is 489 g/mol. The lowest BCUT2D eigenvalue weighted by molar-refractivity contribution is -0.384. The SMILES string of the molecule is Cc1ccc(-c2ccc(/C=C/C(=O)N3c4ccccc4Sc4ccc(Cl)cc43)o2)c([N+](=O)[O-])c1. The molecule has 0 saturated carbocycles. The number of carbonyl (C=O) groups is 1. The Balaban J connectivity index is 1.46. The van der Waals surface area contributed by atoms with E-state index in [9.17, 15) is 14.9 Å². The van der Waals surface area contributed by atoms with Crippen LogP contribution in [-0.4, -0.2) is 10.8 Å². The first-order valence-electron chi connectivity index (χ1n) is 10.3. The van der Waals surface area contributed by atoms with Gasteiger partial charge in [0.05, 0.1) is 21.9 Å². The lowest BCUT2D eigenvalue weighted by Crippen LogP contribution is -2.26. The first-order valence-corrected chi connectivity index (χ1v) is 11.5. The predicted molar refractivity (Wildman–Crippen MR) is 134 cm³/mol. The summed E-state index contributed by atoms with van der Waals surface area (Å²) >= 11 is 7.81. The van der Waals surface area contributed by atoms with Gasteiger partial charge in [0, 0.05) is 27.0 Å². The second kappa shape index (κ2) is 8.85. The van der Waals surface area contributed by atoms with Gasteiger partial charge in [-0.2, -0.15) is 0 Å². The van der Waals surface area contributed by atoms with Gasteiger partial charge >= 0.3 is 0 Å². The molecule has 2 heterocycles. The summed E-state index contributed by atoms with van der Waals surface area (Å²) < 4.78 is 5.81. The van der Waals surface area contributed by atoms with E-state index in [1.807, 2.05) is 30.3 Å². The van der Waals surface area contributed by atoms with Gasteiger partial charge in [-0.25, -0.2) is 0 Å². The monoisotopic (exact) mass is 488 g/mol. The number of fused-ring (bicyclic) bond motifs is 2. The number of nitro groups is 1. The molecule has 0 bridgehead atoms. The van der Waals surface area contributed by atoms with Crippen molar-refractivity contribution in [3.63, 3.8) is 0 Å². The molecule has 0 aliphatic carbocycles. The Kier molecular flexibility index (Phi) is 5.73. The van der Waals surface area contributed by atoms with Gasteiger partial charge in [-0.3, -0.25) is 19.8 Å². The van der Waals surface area contributed by atoms with Crippen LogP contribution < -0.4 is 4.90 Å². The minimum Gasteiger partial charge on any atom is -0.456 e. The number of hydrogen-bond acceptors (Lipinski definition) is 5. The van der Waals surface area contributed by atoms with Gasteiger partial charge in [0.25, 0.3) is 11.6 Å². The van der Waals surface area contributed by atoms with Gasteiger partial charge in [0.1, 0.15) is 11.5 Å². The molecule has 0 N–H and O–H groups in total. The third kappa shape index (κ3) is 4.11. The third-order valence-electron chi connectivity index (χ3n) is 5.34. The molecule has 1 amide bonds. The highest BCUT2D eigenvalue weighted by Gasteiger charge is 2.27. The van der Waals surface area contributed by atoms with E-state index in [0.717, 1.165) is 21.0 Å². The largest absolute Gasteiger partial charge is 0.456 e. The number of amides is 1. The van der Waals surface area contributed by atoms with Crippen molar-refractivity contribution in [1.29, 1.82) is 0 Å². The fraction of sp³-hybridized carbons (Fsp3) is 0.0385. The molecule has 0 spiro atoms. The summed E-state index contributed by atoms with van der Waals surface area (Å²) in [6, 6.07) is 21.4. The topological polar surface area (TPSA) is 76.6 Å². The van der Waals surface area contributed by atoms with Gasteiger partial charge in [-0.05, 0) is 67.1 Å². The van der Waals surface area contributed by atoms with E-state index in [4.69, 9.17) is 16.0 Å². The number of nitrogens with zero attached hydrogens (tertiary/aromatic N) is 2. The van der Waals surface area contributed by atoms with Crippen molar-refractivity contribution < 1.29 is 14.1 Å². The molecule has 6 nitrogen and oxygen atoms in total. The smallest absolute Gasteiger partial charge is 0.280 e. The second-order valence-corrected chi connectivity index (χ2v) is 9.19. The molecular weight excluding hydrogens is 472 g/mol. The lowest BCUT2D eigenvalue weighted by atomic mass is 10.1. The molecule has 4 aromatic rings. The minimum atomic E-state index is -0.432. The van der Waals surface area contributed by atoms with E-state index in [-0.39, 0.29) is 11.6 Å². The first kappa shape index (κ1) is 22.0. The van der Waals surface area contributed by atoms with Gasteiger partial charge in [-0.1, -0.05) is 41.6 Å². The van der Waals surface area contributed by atoms with E-state index in [1.54, 1.807) is 66.1 Å². The van der Waals surface area contributed by atoms with Crippen LogP contribution in [0.5, 0.6) is 0 Å². The molecule has 34 heavy (non-hydrogen) atoms. The summed E-state index contributed by atoms with van der Waals surface area (Å²) in [6.07, 6.45) is 2.98. The van der Waals surface area contributed by atoms with Crippen LogP contribution in [0.1, 0.15) is 11.3 Å². The Morgan fingerprint density at radius 1 is 1.03 bits per heavy atom. The van der Waals surface area contributed by atoms with Crippen LogP contribution in [0.15, 0.2) is 93.1 Å². The fourth-order valence-corrected chi connectivity index (χ4v) is 4.99. The number of rotatable bonds is 4. The van der Waals surface area contributed by atoms with Crippen molar-refractivity contribution in [3.05, 3.63) is 105 Å². The maximum atomic E-state index is 13.3. The molecule has 8 heteroatoms. The Bertz CT molecular complexity index is 1480. The van der Waals surface area contributed by atoms with E-state index in [1.165, 1.54) is 12.1 Å². The summed E-state index contributed by atoms with van der Waals surface area (Å²) in [5.74, 6) is 0.496. The Labute approximate surface area is 204 Å². The predicted octanol–water partition coefficient (Wildman–Crippen LogP) is 7.66. The zero-order chi connectivity index (χ0) is 23.8. The van der Waals surface area contributed by atoms with Crippen LogP contribution >= 0.6 is 23.4 Å². The van der Waals surface area contributed by atoms with Crippen LogP contribution in [-0.2, 0) is 4.79 Å². The van der Waals surface area contributed by atoms with Crippen LogP contribution in [0.3, 0.4) is 0 Å². The zero-order valence-corrected chi connectivity index (χ0v) is 19.5. The molecule has 1 aromatic heterocycles. The highest BCUT2D eigenvalue weighted by Crippen LogP contribution is 2.48. The maximum absolute atomic E-state index is 13.3. The summed E-state index contributed by atoms with van der Waals surface area (Å²) in [5, 5.41) is 12.0. The fourth-order valence-electron chi connectivity index (χ4n) is 3.78. The Morgan fingerprint density at radius 3 is 2.65 bits per heavy atom. The lowest BCUT2D eigenvalue weighted by Gasteiger charge is -2.30. The molecule has 1 aliphatic heterocycles. The van der Waals surface area contributed by atoms with Crippen molar-refractivity contribution >= 4 is 52.4 Å². The van der Waals surface area contributed by atoms with Crippen molar-refractivity contribution in [2.24, 2.45) is 0 Å². The van der Waals surface area contributed by atoms with Gasteiger partial charge in [-0.15, -0.1) is 0 Å². The highest BCUT2D eigenvalue weighted by molar-refractivity contribution is 7.99. The molecule has 0 atom stereocenters. The molecular formula is C26H17ClN2O4S. The maximum Gasteiger partial charge on any atom is 0.280 e. The molecule has 5 rings (SSSR count). The summed E-state index contributed by atoms with van der Waals surface area (Å²) in [5.41, 5.74) is 2.62. The number of hydrogen-bond donors (Lipinski definition) is 0. The van der Waals surface area contributed by atoms with Gasteiger partial charge < -0.3 is 4.42 Å². The summed E-state index contributed by atoms with van der Waals surface area (Å²) in [4.78, 5) is 27.9. The number of para-hydroxylation sites is 1. The molecule has 168 valence electrons. The van der Waals surface area contributed by atoms with Crippen LogP contribution in [0, 0.1) is 17.0 Å². The van der Waals surface area contributed by atoms with Crippen LogP contribution in [0.4, 0.5) is 17.1 Å². The van der Waals surface area contributed by atoms with E-state index >= 15 is 0 Å². The van der Waals surface area contributed by atoms with Crippen LogP contribution in [0.25, 0.3) is 17.4 Å². The van der Waals surface area contributed by atoms with E-state index < -0.39 is 4.92 Å². The van der Waals surface area contributed by atoms with E-state index in [2.05, 4.69) is 0 Å². The summed E-state index contributed by atoms with van der Waals surface area (Å²) in [7, 11) is 0. The van der Waals surface area contributed by atoms with Crippen molar-refractivity contribution in [1.82, 2.24) is 0 Å². The number of carbonyl (C=O) groups excluding carboxylic acids is 1. The number of nitro benzene ring substituents is 1. The van der Waals surface area contributed by atoms with Gasteiger partial charge in [0.15, 0.2) is 0 Å². The molecule has 1 aliphatic rings. The standard InChI is InChI=1S/C26H17ClN2O4S/c1-16-6-10-19(21(14-16)29(31)32)23-11-8-18(33-23)9-13-26(30)28-20-4-2-3-5-24(20)34-25-12-7-17(27)15-22(25)28/h2-15H,1H3/b13-9+. The highest BCUT2D eigenvalue weighted by atomic mass is 35.5. The van der Waals surface area contributed by atoms with Gasteiger partial charge in [0.2, 0.25) is 0 Å². The molecule has 0 unspecified atom stereocenters. The summed E-state index contributed by atoms with van der Waals surface area (Å²) in [6.45, 7) is 1.79. The molecule has 3 aromatic carbocycles. The molecule has 0 saturated heterocycles. The normalized spacial score (nSPS) is 12.5. The average Bonchev–Trinajstić information content (AvgIpc) is 3.30. The van der Waals surface area contributed by atoms with Crippen molar-refractivity contribution in [2.45, 2.75) is 16.7 Å². The molecule has 0 fully saturated rings.